The van der Waals surface area contributed by atoms with Gasteiger partial charge in [-0.2, -0.15) is 0 Å². The van der Waals surface area contributed by atoms with Crippen molar-refractivity contribution in [2.24, 2.45) is 0 Å². The number of amides is 1. The highest BCUT2D eigenvalue weighted by atomic mass is 16.5. The molecule has 0 radical (unpaired) electrons. The lowest BCUT2D eigenvalue weighted by molar-refractivity contribution is -0.105. The van der Waals surface area contributed by atoms with E-state index in [1.54, 1.807) is 7.11 Å². The predicted octanol–water partition coefficient (Wildman–Crippen LogP) is 1.02. The number of piperazine rings is 1. The van der Waals surface area contributed by atoms with Crippen LogP contribution >= 0.6 is 0 Å². The standard InChI is InChI=1S/C13H19N3O2/c1-15-5-7-16(8-6-15)11-3-4-12(14-10-17)13(9-11)18-2/h3-4,9-10H,5-8H2,1-2H3,(H,14,17). The molecular formula is C13H19N3O2. The summed E-state index contributed by atoms with van der Waals surface area (Å²) >= 11 is 0. The van der Waals surface area contributed by atoms with Crippen molar-refractivity contribution in [2.45, 2.75) is 0 Å². The van der Waals surface area contributed by atoms with Crippen molar-refractivity contribution in [3.8, 4) is 5.75 Å². The Morgan fingerprint density at radius 2 is 2.00 bits per heavy atom. The highest BCUT2D eigenvalue weighted by Gasteiger charge is 2.15. The smallest absolute Gasteiger partial charge is 0.211 e. The molecule has 5 heteroatoms. The summed E-state index contributed by atoms with van der Waals surface area (Å²) in [6.07, 6.45) is 0.660. The van der Waals surface area contributed by atoms with Crippen LogP contribution in [0.1, 0.15) is 0 Å². The lowest BCUT2D eigenvalue weighted by Gasteiger charge is -2.34. The molecule has 2 rings (SSSR count). The van der Waals surface area contributed by atoms with Crippen LogP contribution in [0, 0.1) is 0 Å². The lowest BCUT2D eigenvalue weighted by atomic mass is 10.2. The highest BCUT2D eigenvalue weighted by Crippen LogP contribution is 2.29. The van der Waals surface area contributed by atoms with Crippen LogP contribution in [0.15, 0.2) is 18.2 Å². The molecule has 0 aromatic heterocycles. The number of hydrogen-bond donors (Lipinski definition) is 1. The Balaban J connectivity index is 2.16. The SMILES string of the molecule is COc1cc(N2CCN(C)CC2)ccc1NC=O. The van der Waals surface area contributed by atoms with Crippen LogP contribution in [0.2, 0.25) is 0 Å². The van der Waals surface area contributed by atoms with Crippen molar-refractivity contribution in [3.05, 3.63) is 18.2 Å². The monoisotopic (exact) mass is 249 g/mol. The fourth-order valence-electron chi connectivity index (χ4n) is 2.12. The number of likely N-dealkylation sites (N-methyl/N-ethyl adjacent to an activating group) is 1. The van der Waals surface area contributed by atoms with E-state index in [1.807, 2.05) is 18.2 Å². The second-order valence-corrected chi connectivity index (χ2v) is 4.44. The first-order valence-corrected chi connectivity index (χ1v) is 6.06. The molecule has 1 N–H and O–H groups in total. The summed E-state index contributed by atoms with van der Waals surface area (Å²) in [6, 6.07) is 5.86. The maximum atomic E-state index is 10.5. The quantitative estimate of drug-likeness (QED) is 0.809. The van der Waals surface area contributed by atoms with E-state index in [0.29, 0.717) is 17.8 Å². The molecule has 0 atom stereocenters. The predicted molar refractivity (Wildman–Crippen MR) is 72.4 cm³/mol. The minimum Gasteiger partial charge on any atom is -0.494 e. The Morgan fingerprint density at radius 3 is 2.61 bits per heavy atom. The number of benzene rings is 1. The first kappa shape index (κ1) is 12.7. The van der Waals surface area contributed by atoms with Crippen molar-refractivity contribution < 1.29 is 9.53 Å². The first-order chi connectivity index (χ1) is 8.74. The molecule has 1 saturated heterocycles. The Hall–Kier alpha value is -1.75. The van der Waals surface area contributed by atoms with E-state index in [4.69, 9.17) is 4.74 Å². The van der Waals surface area contributed by atoms with Crippen molar-refractivity contribution in [1.29, 1.82) is 0 Å². The molecule has 1 amide bonds. The van der Waals surface area contributed by atoms with E-state index in [9.17, 15) is 4.79 Å². The molecule has 0 spiro atoms. The van der Waals surface area contributed by atoms with Gasteiger partial charge in [0.1, 0.15) is 5.75 Å². The second-order valence-electron chi connectivity index (χ2n) is 4.44. The van der Waals surface area contributed by atoms with Crippen LogP contribution in [-0.4, -0.2) is 51.6 Å². The fourth-order valence-corrected chi connectivity index (χ4v) is 2.12. The zero-order valence-electron chi connectivity index (χ0n) is 10.8. The average Bonchev–Trinajstić information content (AvgIpc) is 2.40. The normalized spacial score (nSPS) is 16.4. The third-order valence-corrected chi connectivity index (χ3v) is 3.27. The van der Waals surface area contributed by atoms with Crippen LogP contribution in [0.25, 0.3) is 0 Å². The molecule has 1 aromatic rings. The summed E-state index contributed by atoms with van der Waals surface area (Å²) in [4.78, 5) is 15.1. The minimum atomic E-state index is 0.660. The number of nitrogens with one attached hydrogen (secondary N) is 1. The van der Waals surface area contributed by atoms with Crippen LogP contribution in [0.5, 0.6) is 5.75 Å². The Morgan fingerprint density at radius 1 is 1.28 bits per heavy atom. The lowest BCUT2D eigenvalue weighted by Crippen LogP contribution is -2.44. The zero-order valence-corrected chi connectivity index (χ0v) is 10.8. The maximum Gasteiger partial charge on any atom is 0.211 e. The number of rotatable bonds is 4. The van der Waals surface area contributed by atoms with Gasteiger partial charge in [-0.05, 0) is 19.2 Å². The van der Waals surface area contributed by atoms with Gasteiger partial charge in [0.25, 0.3) is 0 Å². The molecule has 98 valence electrons. The number of ether oxygens (including phenoxy) is 1. The summed E-state index contributed by atoms with van der Waals surface area (Å²) in [5.41, 5.74) is 1.83. The number of hydrogen-bond acceptors (Lipinski definition) is 4. The summed E-state index contributed by atoms with van der Waals surface area (Å²) in [6.45, 7) is 4.16. The van der Waals surface area contributed by atoms with E-state index in [2.05, 4.69) is 22.2 Å². The third kappa shape index (κ3) is 2.73. The van der Waals surface area contributed by atoms with Crippen LogP contribution in [0.4, 0.5) is 11.4 Å². The van der Waals surface area contributed by atoms with Gasteiger partial charge in [-0.3, -0.25) is 4.79 Å². The summed E-state index contributed by atoms with van der Waals surface area (Å²) in [5.74, 6) is 0.693. The summed E-state index contributed by atoms with van der Waals surface area (Å²) in [5, 5.41) is 2.63. The average molecular weight is 249 g/mol. The van der Waals surface area contributed by atoms with Crippen LogP contribution in [-0.2, 0) is 4.79 Å². The number of carbonyl (C=O) groups is 1. The molecular weight excluding hydrogens is 230 g/mol. The van der Waals surface area contributed by atoms with Gasteiger partial charge in [0.15, 0.2) is 0 Å². The topological polar surface area (TPSA) is 44.8 Å². The molecule has 18 heavy (non-hydrogen) atoms. The number of anilines is 2. The van der Waals surface area contributed by atoms with Crippen molar-refractivity contribution in [2.75, 3.05) is 50.6 Å². The molecule has 0 unspecified atom stereocenters. The molecule has 1 heterocycles. The van der Waals surface area contributed by atoms with Gasteiger partial charge >= 0.3 is 0 Å². The van der Waals surface area contributed by atoms with Crippen LogP contribution < -0.4 is 15.0 Å². The fraction of sp³-hybridized carbons (Fsp3) is 0.462. The van der Waals surface area contributed by atoms with E-state index in [1.165, 1.54) is 0 Å². The van der Waals surface area contributed by atoms with E-state index < -0.39 is 0 Å². The van der Waals surface area contributed by atoms with Gasteiger partial charge in [-0.25, -0.2) is 0 Å². The third-order valence-electron chi connectivity index (χ3n) is 3.27. The molecule has 1 aromatic carbocycles. The molecule has 0 bridgehead atoms. The molecule has 1 aliphatic rings. The number of methoxy groups -OCH3 is 1. The van der Waals surface area contributed by atoms with E-state index in [-0.39, 0.29) is 0 Å². The van der Waals surface area contributed by atoms with Crippen molar-refractivity contribution >= 4 is 17.8 Å². The van der Waals surface area contributed by atoms with Gasteiger partial charge in [0, 0.05) is 37.9 Å². The minimum absolute atomic E-state index is 0.660. The Bertz CT molecular complexity index is 415. The maximum absolute atomic E-state index is 10.5. The molecule has 0 saturated carbocycles. The molecule has 5 nitrogen and oxygen atoms in total. The van der Waals surface area contributed by atoms with E-state index in [0.717, 1.165) is 31.9 Å². The second kappa shape index (κ2) is 5.73. The van der Waals surface area contributed by atoms with Crippen molar-refractivity contribution in [1.82, 2.24) is 4.90 Å². The number of carbonyl (C=O) groups excluding carboxylic acids is 1. The van der Waals surface area contributed by atoms with Gasteiger partial charge in [0.2, 0.25) is 6.41 Å². The number of nitrogens with zero attached hydrogens (tertiary/aromatic N) is 2. The Labute approximate surface area is 107 Å². The van der Waals surface area contributed by atoms with Gasteiger partial charge < -0.3 is 19.9 Å². The summed E-state index contributed by atoms with van der Waals surface area (Å²) < 4.78 is 5.29. The van der Waals surface area contributed by atoms with Gasteiger partial charge in [-0.15, -0.1) is 0 Å². The first-order valence-electron chi connectivity index (χ1n) is 6.06. The van der Waals surface area contributed by atoms with Crippen LogP contribution in [0.3, 0.4) is 0 Å². The molecule has 0 aliphatic carbocycles. The highest BCUT2D eigenvalue weighted by molar-refractivity contribution is 5.77. The van der Waals surface area contributed by atoms with E-state index >= 15 is 0 Å². The molecule has 1 aliphatic heterocycles. The Kier molecular flexibility index (Phi) is 4.04. The van der Waals surface area contributed by atoms with Gasteiger partial charge in [-0.1, -0.05) is 0 Å². The molecule has 1 fully saturated rings. The summed E-state index contributed by atoms with van der Waals surface area (Å²) in [7, 11) is 3.74. The van der Waals surface area contributed by atoms with Gasteiger partial charge in [0.05, 0.1) is 12.8 Å². The van der Waals surface area contributed by atoms with Crippen molar-refractivity contribution in [3.63, 3.8) is 0 Å². The largest absolute Gasteiger partial charge is 0.494 e. The zero-order chi connectivity index (χ0) is 13.0.